The third kappa shape index (κ3) is 2.52. The molecule has 0 saturated carbocycles. The molecule has 0 saturated heterocycles. The van der Waals surface area contributed by atoms with Gasteiger partial charge in [-0.3, -0.25) is 0 Å². The van der Waals surface area contributed by atoms with E-state index in [9.17, 15) is 0 Å². The van der Waals surface area contributed by atoms with Crippen molar-refractivity contribution < 1.29 is 9.47 Å². The first kappa shape index (κ1) is 15.1. The van der Waals surface area contributed by atoms with Gasteiger partial charge in [-0.2, -0.15) is 0 Å². The molecule has 1 atom stereocenters. The summed E-state index contributed by atoms with van der Waals surface area (Å²) in [6.45, 7) is 7.16. The van der Waals surface area contributed by atoms with E-state index in [4.69, 9.17) is 9.47 Å². The lowest BCUT2D eigenvalue weighted by molar-refractivity contribution is -0.0211. The SMILES string of the molecule is COC1(C)Cc2ccc(C(C)C)c(OCc3ccccc3)c21. The molecule has 0 aromatic heterocycles. The van der Waals surface area contributed by atoms with Gasteiger partial charge in [0.15, 0.2) is 0 Å². The third-order valence-corrected chi connectivity index (χ3v) is 4.63. The van der Waals surface area contributed by atoms with Crippen LogP contribution in [0.5, 0.6) is 5.75 Å². The van der Waals surface area contributed by atoms with Crippen molar-refractivity contribution in [1.82, 2.24) is 0 Å². The first-order valence-corrected chi connectivity index (χ1v) is 7.93. The second-order valence-corrected chi connectivity index (χ2v) is 6.56. The zero-order chi connectivity index (χ0) is 15.7. The fourth-order valence-electron chi connectivity index (χ4n) is 3.23. The molecule has 1 aliphatic rings. The normalized spacial score (nSPS) is 19.7. The Morgan fingerprint density at radius 1 is 1.09 bits per heavy atom. The number of fused-ring (bicyclic) bond motifs is 1. The third-order valence-electron chi connectivity index (χ3n) is 4.63. The molecule has 0 fully saturated rings. The highest BCUT2D eigenvalue weighted by atomic mass is 16.5. The molecule has 0 heterocycles. The van der Waals surface area contributed by atoms with Crippen LogP contribution >= 0.6 is 0 Å². The van der Waals surface area contributed by atoms with Crippen LogP contribution in [0.1, 0.15) is 48.9 Å². The molecule has 0 N–H and O–H groups in total. The van der Waals surface area contributed by atoms with E-state index in [1.807, 2.05) is 18.2 Å². The standard InChI is InChI=1S/C20H24O2/c1-14(2)17-11-10-16-12-20(3,21-4)18(16)19(17)22-13-15-8-6-5-7-9-15/h5-11,14H,12-13H2,1-4H3. The first-order chi connectivity index (χ1) is 10.5. The zero-order valence-electron chi connectivity index (χ0n) is 13.8. The topological polar surface area (TPSA) is 18.5 Å². The van der Waals surface area contributed by atoms with Gasteiger partial charge < -0.3 is 9.47 Å². The van der Waals surface area contributed by atoms with Gasteiger partial charge >= 0.3 is 0 Å². The van der Waals surface area contributed by atoms with Crippen molar-refractivity contribution >= 4 is 0 Å². The molecule has 0 aliphatic heterocycles. The van der Waals surface area contributed by atoms with Crippen LogP contribution in [0.25, 0.3) is 0 Å². The number of hydrogen-bond donors (Lipinski definition) is 0. The van der Waals surface area contributed by atoms with Crippen LogP contribution in [0, 0.1) is 0 Å². The second-order valence-electron chi connectivity index (χ2n) is 6.56. The molecule has 0 amide bonds. The maximum absolute atomic E-state index is 6.26. The van der Waals surface area contributed by atoms with Gasteiger partial charge in [-0.1, -0.05) is 56.3 Å². The van der Waals surface area contributed by atoms with E-state index in [0.29, 0.717) is 12.5 Å². The lowest BCUT2D eigenvalue weighted by atomic mass is 9.72. The van der Waals surface area contributed by atoms with Crippen LogP contribution in [0.15, 0.2) is 42.5 Å². The molecule has 2 heteroatoms. The van der Waals surface area contributed by atoms with E-state index in [1.54, 1.807) is 7.11 Å². The smallest absolute Gasteiger partial charge is 0.129 e. The summed E-state index contributed by atoms with van der Waals surface area (Å²) in [5, 5.41) is 0. The Kier molecular flexibility index (Phi) is 3.96. The van der Waals surface area contributed by atoms with Crippen molar-refractivity contribution in [1.29, 1.82) is 0 Å². The number of benzene rings is 2. The van der Waals surface area contributed by atoms with Crippen LogP contribution in [0.2, 0.25) is 0 Å². The molecule has 2 nitrogen and oxygen atoms in total. The number of rotatable bonds is 5. The van der Waals surface area contributed by atoms with Crippen molar-refractivity contribution in [3.8, 4) is 5.75 Å². The van der Waals surface area contributed by atoms with Crippen molar-refractivity contribution in [3.63, 3.8) is 0 Å². The summed E-state index contributed by atoms with van der Waals surface area (Å²) in [6, 6.07) is 14.7. The Morgan fingerprint density at radius 3 is 2.45 bits per heavy atom. The summed E-state index contributed by atoms with van der Waals surface area (Å²) in [7, 11) is 1.78. The largest absolute Gasteiger partial charge is 0.488 e. The van der Waals surface area contributed by atoms with Gasteiger partial charge in [-0.05, 0) is 29.5 Å². The van der Waals surface area contributed by atoms with E-state index in [1.165, 1.54) is 22.3 Å². The van der Waals surface area contributed by atoms with Gasteiger partial charge in [0, 0.05) is 19.1 Å². The number of ether oxygens (including phenoxy) is 2. The van der Waals surface area contributed by atoms with Gasteiger partial charge in [0.1, 0.15) is 12.4 Å². The molecular formula is C20H24O2. The van der Waals surface area contributed by atoms with Crippen molar-refractivity contribution in [3.05, 3.63) is 64.7 Å². The second kappa shape index (κ2) is 5.77. The highest BCUT2D eigenvalue weighted by Crippen LogP contribution is 2.49. The van der Waals surface area contributed by atoms with Gasteiger partial charge in [0.05, 0.1) is 5.60 Å². The minimum absolute atomic E-state index is 0.216. The Hall–Kier alpha value is -1.80. The van der Waals surface area contributed by atoms with E-state index in [2.05, 4.69) is 45.0 Å². The van der Waals surface area contributed by atoms with Gasteiger partial charge in [0.25, 0.3) is 0 Å². The minimum Gasteiger partial charge on any atom is -0.488 e. The molecule has 0 bridgehead atoms. The van der Waals surface area contributed by atoms with Crippen LogP contribution in [-0.2, 0) is 23.4 Å². The molecule has 2 aromatic carbocycles. The molecule has 22 heavy (non-hydrogen) atoms. The quantitative estimate of drug-likeness (QED) is 0.788. The molecule has 1 unspecified atom stereocenters. The fourth-order valence-corrected chi connectivity index (χ4v) is 3.23. The Labute approximate surface area is 133 Å². The van der Waals surface area contributed by atoms with Gasteiger partial charge in [-0.25, -0.2) is 0 Å². The molecule has 0 spiro atoms. The van der Waals surface area contributed by atoms with Gasteiger partial charge in [-0.15, -0.1) is 0 Å². The lowest BCUT2D eigenvalue weighted by Crippen LogP contribution is -2.38. The Balaban J connectivity index is 1.96. The van der Waals surface area contributed by atoms with Crippen LogP contribution < -0.4 is 4.74 Å². The predicted molar refractivity (Wildman–Crippen MR) is 89.4 cm³/mol. The van der Waals surface area contributed by atoms with Crippen LogP contribution in [0.3, 0.4) is 0 Å². The molecule has 0 radical (unpaired) electrons. The van der Waals surface area contributed by atoms with Crippen LogP contribution in [0.4, 0.5) is 0 Å². The van der Waals surface area contributed by atoms with E-state index in [0.717, 1.165) is 12.2 Å². The molecule has 2 aromatic rings. The van der Waals surface area contributed by atoms with Crippen molar-refractivity contribution in [2.45, 2.75) is 45.3 Å². The maximum atomic E-state index is 6.26. The molecule has 3 rings (SSSR count). The van der Waals surface area contributed by atoms with Crippen LogP contribution in [-0.4, -0.2) is 7.11 Å². The summed E-state index contributed by atoms with van der Waals surface area (Å²) >= 11 is 0. The minimum atomic E-state index is -0.216. The summed E-state index contributed by atoms with van der Waals surface area (Å²) in [6.07, 6.45) is 0.957. The zero-order valence-corrected chi connectivity index (χ0v) is 13.8. The summed E-state index contributed by atoms with van der Waals surface area (Å²) in [4.78, 5) is 0. The molecule has 116 valence electrons. The average Bonchev–Trinajstić information content (AvgIpc) is 2.51. The lowest BCUT2D eigenvalue weighted by Gasteiger charge is -2.42. The number of hydrogen-bond acceptors (Lipinski definition) is 2. The Bertz CT molecular complexity index is 661. The highest BCUT2D eigenvalue weighted by molar-refractivity contribution is 5.56. The first-order valence-electron chi connectivity index (χ1n) is 7.93. The average molecular weight is 296 g/mol. The fraction of sp³-hybridized carbons (Fsp3) is 0.400. The summed E-state index contributed by atoms with van der Waals surface area (Å²) in [5.41, 5.74) is 4.81. The van der Waals surface area contributed by atoms with Crippen molar-refractivity contribution in [2.75, 3.05) is 7.11 Å². The molecule has 1 aliphatic carbocycles. The number of methoxy groups -OCH3 is 1. The molecular weight excluding hydrogens is 272 g/mol. The summed E-state index contributed by atoms with van der Waals surface area (Å²) < 4.78 is 12.0. The highest BCUT2D eigenvalue weighted by Gasteiger charge is 2.42. The predicted octanol–water partition coefficient (Wildman–Crippen LogP) is 4.81. The van der Waals surface area contributed by atoms with Gasteiger partial charge in [0.2, 0.25) is 0 Å². The van der Waals surface area contributed by atoms with E-state index < -0.39 is 0 Å². The van der Waals surface area contributed by atoms with Crippen molar-refractivity contribution in [2.24, 2.45) is 0 Å². The summed E-state index contributed by atoms with van der Waals surface area (Å²) in [5.74, 6) is 1.45. The Morgan fingerprint density at radius 2 is 1.82 bits per heavy atom. The maximum Gasteiger partial charge on any atom is 0.129 e. The van der Waals surface area contributed by atoms with E-state index >= 15 is 0 Å². The monoisotopic (exact) mass is 296 g/mol. The van der Waals surface area contributed by atoms with E-state index in [-0.39, 0.29) is 5.60 Å².